The van der Waals surface area contributed by atoms with Gasteiger partial charge in [0.25, 0.3) is 11.1 Å². The van der Waals surface area contributed by atoms with Crippen molar-refractivity contribution < 1.29 is 9.59 Å². The lowest BCUT2D eigenvalue weighted by atomic mass is 10.3. The van der Waals surface area contributed by atoms with Crippen molar-refractivity contribution in [1.82, 2.24) is 4.90 Å². The van der Waals surface area contributed by atoms with E-state index in [-0.39, 0.29) is 11.1 Å². The van der Waals surface area contributed by atoms with Gasteiger partial charge in [-0.3, -0.25) is 14.5 Å². The van der Waals surface area contributed by atoms with Crippen LogP contribution >= 0.6 is 23.1 Å². The summed E-state index contributed by atoms with van der Waals surface area (Å²) in [5.41, 5.74) is 0.967. The Morgan fingerprint density at radius 2 is 2.21 bits per heavy atom. The maximum Gasteiger partial charge on any atom is 0.293 e. The first-order valence-corrected chi connectivity index (χ1v) is 5.68. The second kappa shape index (κ2) is 3.59. The van der Waals surface area contributed by atoms with Crippen molar-refractivity contribution in [3.63, 3.8) is 0 Å². The minimum Gasteiger partial charge on any atom is -0.272 e. The Labute approximate surface area is 89.4 Å². The molecule has 0 radical (unpaired) electrons. The first-order chi connectivity index (χ1) is 6.68. The van der Waals surface area contributed by atoms with E-state index in [1.54, 1.807) is 17.4 Å². The second-order valence-corrected chi connectivity index (χ2v) is 4.57. The van der Waals surface area contributed by atoms with Gasteiger partial charge in [0, 0.05) is 7.05 Å². The van der Waals surface area contributed by atoms with Gasteiger partial charge in [-0.1, -0.05) is 0 Å². The molecule has 1 aromatic rings. The molecule has 1 aliphatic rings. The van der Waals surface area contributed by atoms with Crippen LogP contribution in [0, 0.1) is 0 Å². The molecule has 5 heteroatoms. The van der Waals surface area contributed by atoms with Crippen molar-refractivity contribution >= 4 is 40.3 Å². The number of thiophene rings is 1. The number of thioether (sulfide) groups is 1. The van der Waals surface area contributed by atoms with Gasteiger partial charge >= 0.3 is 0 Å². The summed E-state index contributed by atoms with van der Waals surface area (Å²) in [6, 6.07) is 1.91. The van der Waals surface area contributed by atoms with Crippen LogP contribution in [0.3, 0.4) is 0 Å². The van der Waals surface area contributed by atoms with E-state index in [0.717, 1.165) is 22.2 Å². The highest BCUT2D eigenvalue weighted by atomic mass is 32.2. The summed E-state index contributed by atoms with van der Waals surface area (Å²) in [6.45, 7) is 0. The van der Waals surface area contributed by atoms with Crippen LogP contribution in [0.25, 0.3) is 6.08 Å². The maximum atomic E-state index is 11.5. The Hall–Kier alpha value is -1.07. The van der Waals surface area contributed by atoms with Crippen LogP contribution in [-0.2, 0) is 4.79 Å². The molecule has 3 nitrogen and oxygen atoms in total. The van der Waals surface area contributed by atoms with E-state index in [1.165, 1.54) is 7.05 Å². The average molecular weight is 225 g/mol. The van der Waals surface area contributed by atoms with E-state index >= 15 is 0 Å². The lowest BCUT2D eigenvalue weighted by Crippen LogP contribution is -2.22. The minimum atomic E-state index is -0.216. The number of hydrogen-bond acceptors (Lipinski definition) is 4. The monoisotopic (exact) mass is 225 g/mol. The summed E-state index contributed by atoms with van der Waals surface area (Å²) in [5.74, 6) is -0.216. The largest absolute Gasteiger partial charge is 0.293 e. The molecule has 0 N–H and O–H groups in total. The number of carbonyl (C=O) groups is 2. The summed E-state index contributed by atoms with van der Waals surface area (Å²) in [5, 5.41) is 3.66. The van der Waals surface area contributed by atoms with Gasteiger partial charge in [0.1, 0.15) is 0 Å². The standard InChI is InChI=1S/C9H7NO2S2/c1-10-8(11)7(14-9(10)12)4-6-2-3-13-5-6/h2-5H,1H3/b7-4-. The summed E-state index contributed by atoms with van der Waals surface area (Å²) in [7, 11) is 1.49. The molecular weight excluding hydrogens is 218 g/mol. The number of nitrogens with zero attached hydrogens (tertiary/aromatic N) is 1. The molecule has 1 saturated heterocycles. The highest BCUT2D eigenvalue weighted by Gasteiger charge is 2.31. The fraction of sp³-hybridized carbons (Fsp3) is 0.111. The minimum absolute atomic E-state index is 0.212. The van der Waals surface area contributed by atoms with Gasteiger partial charge in [-0.25, -0.2) is 0 Å². The van der Waals surface area contributed by atoms with Crippen LogP contribution in [0.4, 0.5) is 4.79 Å². The second-order valence-electron chi connectivity index (χ2n) is 2.80. The van der Waals surface area contributed by atoms with Crippen LogP contribution in [0.5, 0.6) is 0 Å². The van der Waals surface area contributed by atoms with Crippen LogP contribution in [-0.4, -0.2) is 23.1 Å². The van der Waals surface area contributed by atoms with E-state index in [4.69, 9.17) is 0 Å². The molecule has 0 atom stereocenters. The SMILES string of the molecule is CN1C(=O)S/C(=C\c2ccsc2)C1=O. The molecule has 0 aromatic carbocycles. The van der Waals surface area contributed by atoms with Crippen LogP contribution in [0.2, 0.25) is 0 Å². The molecule has 72 valence electrons. The zero-order valence-corrected chi connectivity index (χ0v) is 9.02. The number of rotatable bonds is 1. The van der Waals surface area contributed by atoms with E-state index in [9.17, 15) is 9.59 Å². The molecule has 14 heavy (non-hydrogen) atoms. The average Bonchev–Trinajstić information content (AvgIpc) is 2.73. The van der Waals surface area contributed by atoms with E-state index in [1.807, 2.05) is 16.8 Å². The predicted octanol–water partition coefficient (Wildman–Crippen LogP) is 2.41. The maximum absolute atomic E-state index is 11.5. The van der Waals surface area contributed by atoms with Crippen LogP contribution < -0.4 is 0 Å². The molecule has 0 bridgehead atoms. The fourth-order valence-electron chi connectivity index (χ4n) is 1.05. The third-order valence-electron chi connectivity index (χ3n) is 1.83. The lowest BCUT2D eigenvalue weighted by molar-refractivity contribution is -0.121. The third kappa shape index (κ3) is 1.60. The smallest absolute Gasteiger partial charge is 0.272 e. The first kappa shape index (κ1) is 9.48. The summed E-state index contributed by atoms with van der Waals surface area (Å²) >= 11 is 2.55. The topological polar surface area (TPSA) is 37.4 Å². The van der Waals surface area contributed by atoms with Crippen molar-refractivity contribution in [3.8, 4) is 0 Å². The van der Waals surface area contributed by atoms with E-state index in [0.29, 0.717) is 4.91 Å². The first-order valence-electron chi connectivity index (χ1n) is 3.92. The molecule has 0 aliphatic carbocycles. The van der Waals surface area contributed by atoms with Gasteiger partial charge in [0.2, 0.25) is 0 Å². The number of amides is 2. The molecule has 2 rings (SSSR count). The Bertz CT molecular complexity index is 408. The summed E-state index contributed by atoms with van der Waals surface area (Å²) < 4.78 is 0. The van der Waals surface area contributed by atoms with Gasteiger partial charge in [0.05, 0.1) is 4.91 Å². The number of carbonyl (C=O) groups excluding carboxylic acids is 2. The molecular formula is C9H7NO2S2. The zero-order valence-electron chi connectivity index (χ0n) is 7.39. The fourth-order valence-corrected chi connectivity index (χ4v) is 2.50. The van der Waals surface area contributed by atoms with Crippen molar-refractivity contribution in [2.24, 2.45) is 0 Å². The Morgan fingerprint density at radius 1 is 1.43 bits per heavy atom. The van der Waals surface area contributed by atoms with Crippen molar-refractivity contribution in [2.75, 3.05) is 7.05 Å². The summed E-state index contributed by atoms with van der Waals surface area (Å²) in [4.78, 5) is 24.2. The van der Waals surface area contributed by atoms with Crippen LogP contribution in [0.15, 0.2) is 21.7 Å². The molecule has 1 fully saturated rings. The lowest BCUT2D eigenvalue weighted by Gasteiger charge is -2.00. The quantitative estimate of drug-likeness (QED) is 0.689. The normalized spacial score (nSPS) is 19.8. The molecule has 1 aliphatic heterocycles. The molecule has 0 saturated carbocycles. The number of likely N-dealkylation sites (N-methyl/N-ethyl adjacent to an activating group) is 1. The molecule has 1 aromatic heterocycles. The van der Waals surface area contributed by atoms with Gasteiger partial charge in [0.15, 0.2) is 0 Å². The van der Waals surface area contributed by atoms with Gasteiger partial charge < -0.3 is 0 Å². The number of hydrogen-bond donors (Lipinski definition) is 0. The van der Waals surface area contributed by atoms with E-state index in [2.05, 4.69) is 0 Å². The van der Waals surface area contributed by atoms with Gasteiger partial charge in [-0.05, 0) is 40.2 Å². The molecule has 0 unspecified atom stereocenters. The molecule has 2 heterocycles. The number of imide groups is 1. The van der Waals surface area contributed by atoms with Gasteiger partial charge in [-0.15, -0.1) is 0 Å². The predicted molar refractivity (Wildman–Crippen MR) is 58.1 cm³/mol. The third-order valence-corrected chi connectivity index (χ3v) is 3.49. The van der Waals surface area contributed by atoms with Crippen molar-refractivity contribution in [2.45, 2.75) is 0 Å². The Kier molecular flexibility index (Phi) is 2.43. The highest BCUT2D eigenvalue weighted by molar-refractivity contribution is 8.18. The van der Waals surface area contributed by atoms with E-state index < -0.39 is 0 Å². The zero-order chi connectivity index (χ0) is 10.1. The van der Waals surface area contributed by atoms with Crippen molar-refractivity contribution in [3.05, 3.63) is 27.3 Å². The van der Waals surface area contributed by atoms with Crippen LogP contribution in [0.1, 0.15) is 5.56 Å². The Balaban J connectivity index is 2.29. The van der Waals surface area contributed by atoms with Crippen molar-refractivity contribution in [1.29, 1.82) is 0 Å². The highest BCUT2D eigenvalue weighted by Crippen LogP contribution is 2.31. The molecule has 0 spiro atoms. The Morgan fingerprint density at radius 3 is 2.71 bits per heavy atom. The molecule has 2 amide bonds. The summed E-state index contributed by atoms with van der Waals surface area (Å²) in [6.07, 6.45) is 1.74. The van der Waals surface area contributed by atoms with Gasteiger partial charge in [-0.2, -0.15) is 11.3 Å².